The van der Waals surface area contributed by atoms with Gasteiger partial charge >= 0.3 is 0 Å². The van der Waals surface area contributed by atoms with Gasteiger partial charge in [-0.2, -0.15) is 0 Å². The van der Waals surface area contributed by atoms with Gasteiger partial charge in [0.05, 0.1) is 10.9 Å². The molecule has 2 aromatic heterocycles. The molecule has 0 aliphatic rings. The summed E-state index contributed by atoms with van der Waals surface area (Å²) in [6.07, 6.45) is 0. The van der Waals surface area contributed by atoms with Crippen molar-refractivity contribution in [2.75, 3.05) is 5.32 Å². The molecule has 2 aromatic rings. The summed E-state index contributed by atoms with van der Waals surface area (Å²) in [7, 11) is 0. The summed E-state index contributed by atoms with van der Waals surface area (Å²) in [5.41, 5.74) is 0. The van der Waals surface area contributed by atoms with Gasteiger partial charge in [0.1, 0.15) is 16.2 Å². The van der Waals surface area contributed by atoms with E-state index in [1.54, 1.807) is 11.3 Å². The van der Waals surface area contributed by atoms with E-state index in [4.69, 9.17) is 11.6 Å². The fourth-order valence-corrected chi connectivity index (χ4v) is 2.75. The Labute approximate surface area is 111 Å². The number of halogens is 2. The number of anilines is 1. The molecular formula is C10H9BrClN3S. The third kappa shape index (κ3) is 3.17. The molecule has 0 aliphatic carbocycles. The normalized spacial score (nSPS) is 10.4. The molecule has 0 saturated carbocycles. The molecule has 1 N–H and O–H groups in total. The molecule has 2 heterocycles. The SMILES string of the molecule is Cc1nc(Br)cc(NCc2ccc(Cl)s2)n1. The molecular weight excluding hydrogens is 310 g/mol. The van der Waals surface area contributed by atoms with Crippen molar-refractivity contribution in [3.05, 3.63) is 37.8 Å². The molecule has 0 bridgehead atoms. The fraction of sp³-hybridized carbons (Fsp3) is 0.200. The standard InChI is InChI=1S/C10H9BrClN3S/c1-6-14-8(11)4-10(15-6)13-5-7-2-3-9(12)16-7/h2-4H,5H2,1H3,(H,13,14,15). The van der Waals surface area contributed by atoms with Crippen LogP contribution in [0.25, 0.3) is 0 Å². The molecule has 0 saturated heterocycles. The van der Waals surface area contributed by atoms with E-state index in [1.165, 1.54) is 4.88 Å². The lowest BCUT2D eigenvalue weighted by molar-refractivity contribution is 1.01. The quantitative estimate of drug-likeness (QED) is 0.873. The topological polar surface area (TPSA) is 37.8 Å². The van der Waals surface area contributed by atoms with Crippen molar-refractivity contribution >= 4 is 44.7 Å². The number of aromatic nitrogens is 2. The zero-order chi connectivity index (χ0) is 11.5. The zero-order valence-electron chi connectivity index (χ0n) is 8.50. The van der Waals surface area contributed by atoms with Crippen LogP contribution in [0.15, 0.2) is 22.8 Å². The van der Waals surface area contributed by atoms with E-state index >= 15 is 0 Å². The lowest BCUT2D eigenvalue weighted by Crippen LogP contribution is -2.01. The van der Waals surface area contributed by atoms with Crippen molar-refractivity contribution in [1.82, 2.24) is 9.97 Å². The van der Waals surface area contributed by atoms with E-state index in [2.05, 4.69) is 31.2 Å². The summed E-state index contributed by atoms with van der Waals surface area (Å²) >= 11 is 10.7. The van der Waals surface area contributed by atoms with Gasteiger partial charge in [0, 0.05) is 10.9 Å². The second-order valence-corrected chi connectivity index (χ2v) is 5.79. The minimum absolute atomic E-state index is 0.723. The average Bonchev–Trinajstić information content (AvgIpc) is 2.60. The molecule has 16 heavy (non-hydrogen) atoms. The maximum atomic E-state index is 5.85. The van der Waals surface area contributed by atoms with E-state index in [9.17, 15) is 0 Å². The first-order valence-electron chi connectivity index (χ1n) is 4.63. The Morgan fingerprint density at radius 2 is 2.25 bits per heavy atom. The van der Waals surface area contributed by atoms with Gasteiger partial charge in [-0.3, -0.25) is 0 Å². The fourth-order valence-electron chi connectivity index (χ4n) is 1.25. The van der Waals surface area contributed by atoms with E-state index in [0.29, 0.717) is 0 Å². The Morgan fingerprint density at radius 3 is 2.88 bits per heavy atom. The minimum atomic E-state index is 0.723. The van der Waals surface area contributed by atoms with Crippen LogP contribution in [0.2, 0.25) is 4.34 Å². The lowest BCUT2D eigenvalue weighted by atomic mass is 10.4. The van der Waals surface area contributed by atoms with Gasteiger partial charge in [0.25, 0.3) is 0 Å². The first-order valence-corrected chi connectivity index (χ1v) is 6.61. The van der Waals surface area contributed by atoms with Crippen LogP contribution >= 0.6 is 38.9 Å². The van der Waals surface area contributed by atoms with Gasteiger partial charge in [-0.15, -0.1) is 11.3 Å². The van der Waals surface area contributed by atoms with E-state index in [-0.39, 0.29) is 0 Å². The van der Waals surface area contributed by atoms with Crippen LogP contribution in [0.1, 0.15) is 10.7 Å². The van der Waals surface area contributed by atoms with Crippen molar-refractivity contribution in [3.8, 4) is 0 Å². The summed E-state index contributed by atoms with van der Waals surface area (Å²) in [4.78, 5) is 9.59. The molecule has 0 aromatic carbocycles. The van der Waals surface area contributed by atoms with Crippen molar-refractivity contribution in [2.24, 2.45) is 0 Å². The third-order valence-corrected chi connectivity index (χ3v) is 3.52. The van der Waals surface area contributed by atoms with Crippen LogP contribution in [0, 0.1) is 6.92 Å². The molecule has 3 nitrogen and oxygen atoms in total. The summed E-state index contributed by atoms with van der Waals surface area (Å²) in [6, 6.07) is 5.75. The maximum Gasteiger partial charge on any atom is 0.131 e. The molecule has 2 rings (SSSR count). The Morgan fingerprint density at radius 1 is 1.44 bits per heavy atom. The molecule has 0 aliphatic heterocycles. The molecule has 84 valence electrons. The van der Waals surface area contributed by atoms with Crippen molar-refractivity contribution < 1.29 is 0 Å². The smallest absolute Gasteiger partial charge is 0.131 e. The van der Waals surface area contributed by atoms with Crippen LogP contribution < -0.4 is 5.32 Å². The molecule has 6 heteroatoms. The van der Waals surface area contributed by atoms with Crippen LogP contribution in [-0.2, 0) is 6.54 Å². The van der Waals surface area contributed by atoms with Crippen molar-refractivity contribution in [2.45, 2.75) is 13.5 Å². The van der Waals surface area contributed by atoms with E-state index in [1.807, 2.05) is 25.1 Å². The van der Waals surface area contributed by atoms with Crippen LogP contribution in [0.3, 0.4) is 0 Å². The Kier molecular flexibility index (Phi) is 3.78. The number of rotatable bonds is 3. The molecule has 0 fully saturated rings. The predicted molar refractivity (Wildman–Crippen MR) is 71.1 cm³/mol. The van der Waals surface area contributed by atoms with Gasteiger partial charge in [-0.25, -0.2) is 9.97 Å². The van der Waals surface area contributed by atoms with Crippen molar-refractivity contribution in [3.63, 3.8) is 0 Å². The highest BCUT2D eigenvalue weighted by Crippen LogP contribution is 2.22. The molecule has 0 amide bonds. The van der Waals surface area contributed by atoms with Gasteiger partial charge in [-0.1, -0.05) is 11.6 Å². The maximum absolute atomic E-state index is 5.85. The number of aryl methyl sites for hydroxylation is 1. The second-order valence-electron chi connectivity index (χ2n) is 3.18. The lowest BCUT2D eigenvalue weighted by Gasteiger charge is -2.04. The third-order valence-electron chi connectivity index (χ3n) is 1.88. The zero-order valence-corrected chi connectivity index (χ0v) is 11.7. The molecule has 0 radical (unpaired) electrons. The highest BCUT2D eigenvalue weighted by molar-refractivity contribution is 9.10. The van der Waals surface area contributed by atoms with Gasteiger partial charge in [-0.05, 0) is 35.0 Å². The Bertz CT molecular complexity index is 480. The summed E-state index contributed by atoms with van der Waals surface area (Å²) in [5.74, 6) is 1.55. The largest absolute Gasteiger partial charge is 0.365 e. The van der Waals surface area contributed by atoms with Crippen LogP contribution in [0.5, 0.6) is 0 Å². The van der Waals surface area contributed by atoms with E-state index in [0.717, 1.165) is 27.1 Å². The average molecular weight is 319 g/mol. The highest BCUT2D eigenvalue weighted by atomic mass is 79.9. The van der Waals surface area contributed by atoms with E-state index < -0.39 is 0 Å². The van der Waals surface area contributed by atoms with Gasteiger partial charge in [0.15, 0.2) is 0 Å². The monoisotopic (exact) mass is 317 g/mol. The highest BCUT2D eigenvalue weighted by Gasteiger charge is 2.01. The molecule has 0 atom stereocenters. The van der Waals surface area contributed by atoms with Crippen LogP contribution in [-0.4, -0.2) is 9.97 Å². The summed E-state index contributed by atoms with van der Waals surface area (Å²) in [6.45, 7) is 2.58. The number of hydrogen-bond donors (Lipinski definition) is 1. The first-order chi connectivity index (χ1) is 7.63. The number of hydrogen-bond acceptors (Lipinski definition) is 4. The van der Waals surface area contributed by atoms with Crippen molar-refractivity contribution in [1.29, 1.82) is 0 Å². The summed E-state index contributed by atoms with van der Waals surface area (Å²) in [5, 5.41) is 3.23. The predicted octanol–water partition coefficient (Wildman–Crippen LogP) is 3.87. The number of nitrogens with one attached hydrogen (secondary N) is 1. The molecule has 0 unspecified atom stereocenters. The van der Waals surface area contributed by atoms with Crippen LogP contribution in [0.4, 0.5) is 5.82 Å². The van der Waals surface area contributed by atoms with Gasteiger partial charge in [0.2, 0.25) is 0 Å². The van der Waals surface area contributed by atoms with Gasteiger partial charge < -0.3 is 5.32 Å². The number of nitrogens with zero attached hydrogens (tertiary/aromatic N) is 2. The summed E-state index contributed by atoms with van der Waals surface area (Å²) < 4.78 is 1.59. The molecule has 0 spiro atoms. The second kappa shape index (κ2) is 5.12. The number of thiophene rings is 1. The Hall–Kier alpha value is -0.650. The Balaban J connectivity index is 2.04. The first kappa shape index (κ1) is 11.8. The minimum Gasteiger partial charge on any atom is -0.365 e.